The number of halogens is 1. The first-order chi connectivity index (χ1) is 5.22. The van der Waals surface area contributed by atoms with Gasteiger partial charge >= 0.3 is 0 Å². The lowest BCUT2D eigenvalue weighted by Crippen LogP contribution is -2.29. The summed E-state index contributed by atoms with van der Waals surface area (Å²) in [6, 6.07) is 0. The number of aliphatic hydroxyl groups is 1. The van der Waals surface area contributed by atoms with Gasteiger partial charge in [-0.1, -0.05) is 0 Å². The molecule has 0 aromatic rings. The van der Waals surface area contributed by atoms with Crippen LogP contribution in [0.4, 0.5) is 0 Å². The molecule has 11 heavy (non-hydrogen) atoms. The van der Waals surface area contributed by atoms with Crippen LogP contribution in [0.1, 0.15) is 12.8 Å². The number of aliphatic hydroxyl groups excluding tert-OH is 1. The first kappa shape index (κ1) is 10.7. The van der Waals surface area contributed by atoms with Gasteiger partial charge in [-0.2, -0.15) is 0 Å². The molecule has 0 saturated carbocycles. The Balaban J connectivity index is 3.47. The van der Waals surface area contributed by atoms with Gasteiger partial charge in [0.05, 0.1) is 6.61 Å². The zero-order valence-electron chi connectivity index (χ0n) is 6.72. The maximum Gasteiger partial charge on any atom is 0.222 e. The molecule has 3 nitrogen and oxygen atoms in total. The number of nitrogens with zero attached hydrogens (tertiary/aromatic N) is 1. The SMILES string of the molecule is CN(CCO)C(=O)CCCCl. The van der Waals surface area contributed by atoms with Gasteiger partial charge < -0.3 is 10.0 Å². The Labute approximate surface area is 71.9 Å². The number of rotatable bonds is 5. The highest BCUT2D eigenvalue weighted by Crippen LogP contribution is 1.96. The molecule has 1 N–H and O–H groups in total. The summed E-state index contributed by atoms with van der Waals surface area (Å²) in [5, 5.41) is 8.49. The van der Waals surface area contributed by atoms with Crippen molar-refractivity contribution in [3.8, 4) is 0 Å². The summed E-state index contributed by atoms with van der Waals surface area (Å²) in [5.74, 6) is 0.554. The van der Waals surface area contributed by atoms with E-state index in [2.05, 4.69) is 0 Å². The number of amides is 1. The van der Waals surface area contributed by atoms with Gasteiger partial charge in [-0.25, -0.2) is 0 Å². The third-order valence-electron chi connectivity index (χ3n) is 1.39. The van der Waals surface area contributed by atoms with Crippen molar-refractivity contribution in [2.45, 2.75) is 12.8 Å². The lowest BCUT2D eigenvalue weighted by atomic mass is 10.3. The Morgan fingerprint density at radius 2 is 2.27 bits per heavy atom. The Morgan fingerprint density at radius 3 is 2.73 bits per heavy atom. The van der Waals surface area contributed by atoms with Crippen molar-refractivity contribution in [2.24, 2.45) is 0 Å². The second kappa shape index (κ2) is 6.43. The highest BCUT2D eigenvalue weighted by atomic mass is 35.5. The van der Waals surface area contributed by atoms with Crippen molar-refractivity contribution in [3.63, 3.8) is 0 Å². The van der Waals surface area contributed by atoms with Gasteiger partial charge in [0.15, 0.2) is 0 Å². The third-order valence-corrected chi connectivity index (χ3v) is 1.65. The van der Waals surface area contributed by atoms with Crippen LogP contribution in [0.15, 0.2) is 0 Å². The molecule has 0 radical (unpaired) electrons. The predicted molar refractivity (Wildman–Crippen MR) is 44.7 cm³/mol. The lowest BCUT2D eigenvalue weighted by Gasteiger charge is -2.14. The summed E-state index contributed by atoms with van der Waals surface area (Å²) in [4.78, 5) is 12.6. The van der Waals surface area contributed by atoms with Crippen LogP contribution in [-0.2, 0) is 4.79 Å². The number of hydrogen-bond acceptors (Lipinski definition) is 2. The smallest absolute Gasteiger partial charge is 0.222 e. The van der Waals surface area contributed by atoms with E-state index in [-0.39, 0.29) is 12.5 Å². The topological polar surface area (TPSA) is 40.5 Å². The summed E-state index contributed by atoms with van der Waals surface area (Å²) < 4.78 is 0. The number of likely N-dealkylation sites (N-methyl/N-ethyl adjacent to an activating group) is 1. The van der Waals surface area contributed by atoms with Crippen LogP contribution in [-0.4, -0.2) is 42.0 Å². The van der Waals surface area contributed by atoms with Gasteiger partial charge in [-0.05, 0) is 6.42 Å². The minimum atomic E-state index is 0.0170. The van der Waals surface area contributed by atoms with Crippen molar-refractivity contribution in [3.05, 3.63) is 0 Å². The highest BCUT2D eigenvalue weighted by molar-refractivity contribution is 6.17. The van der Waals surface area contributed by atoms with E-state index < -0.39 is 0 Å². The molecule has 0 aliphatic rings. The van der Waals surface area contributed by atoms with Gasteiger partial charge in [0.1, 0.15) is 0 Å². The van der Waals surface area contributed by atoms with E-state index in [1.165, 1.54) is 4.90 Å². The summed E-state index contributed by atoms with van der Waals surface area (Å²) in [5.41, 5.74) is 0. The monoisotopic (exact) mass is 179 g/mol. The van der Waals surface area contributed by atoms with Gasteiger partial charge in [-0.3, -0.25) is 4.79 Å². The number of alkyl halides is 1. The fourth-order valence-electron chi connectivity index (χ4n) is 0.684. The van der Waals surface area contributed by atoms with Crippen molar-refractivity contribution >= 4 is 17.5 Å². The number of carbonyl (C=O) groups is 1. The maximum absolute atomic E-state index is 11.0. The molecule has 0 aromatic carbocycles. The summed E-state index contributed by atoms with van der Waals surface area (Å²) in [6.45, 7) is 0.421. The van der Waals surface area contributed by atoms with E-state index in [9.17, 15) is 4.79 Å². The Morgan fingerprint density at radius 1 is 1.64 bits per heavy atom. The number of carbonyl (C=O) groups excluding carboxylic acids is 1. The van der Waals surface area contributed by atoms with Gasteiger partial charge in [-0.15, -0.1) is 11.6 Å². The number of hydrogen-bond donors (Lipinski definition) is 1. The van der Waals surface area contributed by atoms with E-state index in [1.54, 1.807) is 7.05 Å². The van der Waals surface area contributed by atoms with E-state index in [0.29, 0.717) is 25.3 Å². The maximum atomic E-state index is 11.0. The molecule has 4 heteroatoms. The molecule has 0 rings (SSSR count). The van der Waals surface area contributed by atoms with E-state index in [4.69, 9.17) is 16.7 Å². The van der Waals surface area contributed by atoms with E-state index in [0.717, 1.165) is 0 Å². The average molecular weight is 180 g/mol. The van der Waals surface area contributed by atoms with Crippen molar-refractivity contribution in [1.29, 1.82) is 0 Å². The second-order valence-electron chi connectivity index (χ2n) is 2.33. The standard InChI is InChI=1S/C7H14ClNO2/c1-9(5-6-10)7(11)3-2-4-8/h10H,2-6H2,1H3. The van der Waals surface area contributed by atoms with Crippen LogP contribution in [0, 0.1) is 0 Å². The van der Waals surface area contributed by atoms with Crippen LogP contribution >= 0.6 is 11.6 Å². The Bertz CT molecular complexity index is 119. The van der Waals surface area contributed by atoms with E-state index >= 15 is 0 Å². The lowest BCUT2D eigenvalue weighted by molar-refractivity contribution is -0.130. The summed E-state index contributed by atoms with van der Waals surface area (Å²) >= 11 is 5.41. The molecule has 0 aliphatic heterocycles. The Hall–Kier alpha value is -0.280. The summed E-state index contributed by atoms with van der Waals surface area (Å²) in [6.07, 6.45) is 1.18. The molecule has 0 aromatic heterocycles. The quantitative estimate of drug-likeness (QED) is 0.623. The van der Waals surface area contributed by atoms with Crippen molar-refractivity contribution in [2.75, 3.05) is 26.1 Å². The van der Waals surface area contributed by atoms with Gasteiger partial charge in [0.2, 0.25) is 5.91 Å². The van der Waals surface area contributed by atoms with Crippen LogP contribution in [0.25, 0.3) is 0 Å². The van der Waals surface area contributed by atoms with Gasteiger partial charge in [0, 0.05) is 25.9 Å². The molecule has 0 atom stereocenters. The molecule has 66 valence electrons. The van der Waals surface area contributed by atoms with Crippen LogP contribution in [0.2, 0.25) is 0 Å². The van der Waals surface area contributed by atoms with Crippen molar-refractivity contribution in [1.82, 2.24) is 4.90 Å². The highest BCUT2D eigenvalue weighted by Gasteiger charge is 2.05. The largest absolute Gasteiger partial charge is 0.395 e. The molecular formula is C7H14ClNO2. The molecule has 0 fully saturated rings. The first-order valence-electron chi connectivity index (χ1n) is 3.63. The molecule has 0 aliphatic carbocycles. The molecule has 0 bridgehead atoms. The average Bonchev–Trinajstić information content (AvgIpc) is 2.00. The normalized spacial score (nSPS) is 9.73. The first-order valence-corrected chi connectivity index (χ1v) is 4.16. The summed E-state index contributed by atoms with van der Waals surface area (Å²) in [7, 11) is 1.67. The van der Waals surface area contributed by atoms with Crippen LogP contribution in [0.3, 0.4) is 0 Å². The third kappa shape index (κ3) is 5.04. The van der Waals surface area contributed by atoms with Gasteiger partial charge in [0.25, 0.3) is 0 Å². The van der Waals surface area contributed by atoms with Crippen LogP contribution < -0.4 is 0 Å². The molecule has 0 spiro atoms. The fraction of sp³-hybridized carbons (Fsp3) is 0.857. The minimum absolute atomic E-state index is 0.0170. The van der Waals surface area contributed by atoms with Crippen LogP contribution in [0.5, 0.6) is 0 Å². The zero-order chi connectivity index (χ0) is 8.69. The molecule has 1 amide bonds. The Kier molecular flexibility index (Phi) is 6.27. The van der Waals surface area contributed by atoms with E-state index in [1.807, 2.05) is 0 Å². The fourth-order valence-corrected chi connectivity index (χ4v) is 0.817. The minimum Gasteiger partial charge on any atom is -0.395 e. The molecule has 0 heterocycles. The molecule has 0 saturated heterocycles. The predicted octanol–water partition coefficient (Wildman–Crippen LogP) is 0.456. The zero-order valence-corrected chi connectivity index (χ0v) is 7.47. The second-order valence-corrected chi connectivity index (χ2v) is 2.71. The molecule has 0 unspecified atom stereocenters. The molecular weight excluding hydrogens is 166 g/mol. The van der Waals surface area contributed by atoms with Crippen molar-refractivity contribution < 1.29 is 9.90 Å².